The minimum absolute atomic E-state index is 0.0243. The third kappa shape index (κ3) is 5.22. The van der Waals surface area contributed by atoms with Crippen molar-refractivity contribution in [1.29, 1.82) is 0 Å². The standard InChI is InChI=1S/C31H27NO6/c1-20(30(34)22-10-14-25(36-2)15-11-22)37-31(35)23-18-29(33)32(19-23)24-12-16-26(17-13-24)38-28-9-5-7-21-6-3-4-8-27(21)28/h3-17,20,23H,18-19H2,1-2H3/t20-,23-/m1/s1. The van der Waals surface area contributed by atoms with Gasteiger partial charge in [-0.1, -0.05) is 36.4 Å². The van der Waals surface area contributed by atoms with Crippen molar-refractivity contribution in [2.45, 2.75) is 19.4 Å². The van der Waals surface area contributed by atoms with Crippen molar-refractivity contribution in [3.05, 3.63) is 96.6 Å². The van der Waals surface area contributed by atoms with Gasteiger partial charge in [-0.25, -0.2) is 0 Å². The molecule has 1 amide bonds. The van der Waals surface area contributed by atoms with Crippen molar-refractivity contribution in [3.8, 4) is 17.2 Å². The maximum Gasteiger partial charge on any atom is 0.312 e. The summed E-state index contributed by atoms with van der Waals surface area (Å²) in [4.78, 5) is 39.7. The fraction of sp³-hybridized carbons (Fsp3) is 0.194. The van der Waals surface area contributed by atoms with Gasteiger partial charge in [0.2, 0.25) is 11.7 Å². The smallest absolute Gasteiger partial charge is 0.312 e. The van der Waals surface area contributed by atoms with Crippen LogP contribution in [0.2, 0.25) is 0 Å². The zero-order valence-corrected chi connectivity index (χ0v) is 21.1. The molecule has 1 fully saturated rings. The van der Waals surface area contributed by atoms with Crippen LogP contribution in [0.4, 0.5) is 5.69 Å². The molecule has 7 heteroatoms. The molecule has 1 aliphatic rings. The predicted octanol–water partition coefficient (Wildman–Crippen LogP) is 5.81. The number of ether oxygens (including phenoxy) is 3. The highest BCUT2D eigenvalue weighted by Gasteiger charge is 2.37. The maximum absolute atomic E-state index is 12.8. The summed E-state index contributed by atoms with van der Waals surface area (Å²) in [5, 5.41) is 2.09. The van der Waals surface area contributed by atoms with Crippen molar-refractivity contribution in [1.82, 2.24) is 0 Å². The van der Waals surface area contributed by atoms with Gasteiger partial charge in [0, 0.05) is 29.6 Å². The Morgan fingerprint density at radius 1 is 0.868 bits per heavy atom. The average Bonchev–Trinajstić information content (AvgIpc) is 3.35. The number of benzene rings is 4. The van der Waals surface area contributed by atoms with Gasteiger partial charge in [-0.2, -0.15) is 0 Å². The molecule has 1 heterocycles. The van der Waals surface area contributed by atoms with E-state index in [0.717, 1.165) is 16.5 Å². The van der Waals surface area contributed by atoms with Crippen molar-refractivity contribution >= 4 is 34.1 Å². The SMILES string of the molecule is COc1ccc(C(=O)[C@@H](C)OC(=O)[C@@H]2CC(=O)N(c3ccc(Oc4cccc5ccccc45)cc3)C2)cc1. The highest BCUT2D eigenvalue weighted by molar-refractivity contribution is 6.02. The minimum Gasteiger partial charge on any atom is -0.497 e. The summed E-state index contributed by atoms with van der Waals surface area (Å²) < 4.78 is 16.6. The van der Waals surface area contributed by atoms with E-state index >= 15 is 0 Å². The molecule has 0 spiro atoms. The van der Waals surface area contributed by atoms with Crippen LogP contribution in [0, 0.1) is 5.92 Å². The third-order valence-electron chi connectivity index (χ3n) is 6.62. The Morgan fingerprint density at radius 2 is 1.55 bits per heavy atom. The third-order valence-corrected chi connectivity index (χ3v) is 6.62. The number of carbonyl (C=O) groups is 3. The van der Waals surface area contributed by atoms with Gasteiger partial charge in [0.05, 0.1) is 13.0 Å². The van der Waals surface area contributed by atoms with Gasteiger partial charge in [0.1, 0.15) is 17.2 Å². The molecule has 7 nitrogen and oxygen atoms in total. The number of nitrogens with zero attached hydrogens (tertiary/aromatic N) is 1. The minimum atomic E-state index is -0.967. The van der Waals surface area contributed by atoms with Crippen LogP contribution in [0.25, 0.3) is 10.8 Å². The number of carbonyl (C=O) groups excluding carboxylic acids is 3. The number of amides is 1. The van der Waals surface area contributed by atoms with Crippen molar-refractivity contribution < 1.29 is 28.6 Å². The summed E-state index contributed by atoms with van der Waals surface area (Å²) in [5.41, 5.74) is 1.08. The molecule has 5 rings (SSSR count). The zero-order valence-electron chi connectivity index (χ0n) is 21.1. The van der Waals surface area contributed by atoms with E-state index in [9.17, 15) is 14.4 Å². The topological polar surface area (TPSA) is 82.1 Å². The molecule has 0 aromatic heterocycles. The quantitative estimate of drug-likeness (QED) is 0.220. The molecule has 38 heavy (non-hydrogen) atoms. The molecular weight excluding hydrogens is 482 g/mol. The summed E-state index contributed by atoms with van der Waals surface area (Å²) >= 11 is 0. The van der Waals surface area contributed by atoms with Crippen LogP contribution in [0.5, 0.6) is 17.2 Å². The first-order valence-electron chi connectivity index (χ1n) is 12.4. The van der Waals surface area contributed by atoms with Gasteiger partial charge in [0.25, 0.3) is 0 Å². The van der Waals surface area contributed by atoms with Gasteiger partial charge in [-0.15, -0.1) is 0 Å². The number of hydrogen-bond acceptors (Lipinski definition) is 6. The van der Waals surface area contributed by atoms with Crippen LogP contribution < -0.4 is 14.4 Å². The normalized spacial score (nSPS) is 15.8. The molecule has 192 valence electrons. The van der Waals surface area contributed by atoms with E-state index in [1.54, 1.807) is 60.5 Å². The first kappa shape index (κ1) is 25.0. The summed E-state index contributed by atoms with van der Waals surface area (Å²) in [7, 11) is 1.54. The molecule has 1 aliphatic heterocycles. The number of methoxy groups -OCH3 is 1. The van der Waals surface area contributed by atoms with Crippen molar-refractivity contribution in [2.24, 2.45) is 5.92 Å². The number of rotatable bonds is 8. The number of hydrogen-bond donors (Lipinski definition) is 0. The van der Waals surface area contributed by atoms with Gasteiger partial charge < -0.3 is 19.1 Å². The highest BCUT2D eigenvalue weighted by Crippen LogP contribution is 2.32. The number of esters is 1. The molecule has 4 aromatic carbocycles. The second-order valence-electron chi connectivity index (χ2n) is 9.15. The van der Waals surface area contributed by atoms with E-state index in [2.05, 4.69) is 0 Å². The lowest BCUT2D eigenvalue weighted by molar-refractivity contribution is -0.151. The zero-order chi connectivity index (χ0) is 26.6. The molecule has 0 aliphatic carbocycles. The molecular formula is C31H27NO6. The lowest BCUT2D eigenvalue weighted by atomic mass is 10.1. The lowest BCUT2D eigenvalue weighted by Crippen LogP contribution is -2.30. The van der Waals surface area contributed by atoms with E-state index in [0.29, 0.717) is 22.7 Å². The summed E-state index contributed by atoms with van der Waals surface area (Å²) in [6.07, 6.45) is -0.943. The van der Waals surface area contributed by atoms with E-state index in [1.807, 2.05) is 42.5 Å². The van der Waals surface area contributed by atoms with Crippen LogP contribution in [-0.4, -0.2) is 37.4 Å². The van der Waals surface area contributed by atoms with E-state index in [4.69, 9.17) is 14.2 Å². The summed E-state index contributed by atoms with van der Waals surface area (Å²) in [5.74, 6) is 0.302. The number of fused-ring (bicyclic) bond motifs is 1. The molecule has 0 saturated carbocycles. The van der Waals surface area contributed by atoms with Crippen LogP contribution >= 0.6 is 0 Å². The van der Waals surface area contributed by atoms with Gasteiger partial charge in [-0.3, -0.25) is 14.4 Å². The molecule has 0 unspecified atom stereocenters. The Bertz CT molecular complexity index is 1470. The Hall–Kier alpha value is -4.65. The van der Waals surface area contributed by atoms with Crippen LogP contribution in [0.1, 0.15) is 23.7 Å². The summed E-state index contributed by atoms with van der Waals surface area (Å²) in [6, 6.07) is 27.7. The van der Waals surface area contributed by atoms with Crippen molar-refractivity contribution in [3.63, 3.8) is 0 Å². The first-order valence-corrected chi connectivity index (χ1v) is 12.4. The Balaban J connectivity index is 1.21. The number of anilines is 1. The number of ketones is 1. The fourth-order valence-corrected chi connectivity index (χ4v) is 4.53. The van der Waals surface area contributed by atoms with E-state index in [1.165, 1.54) is 6.92 Å². The molecule has 0 N–H and O–H groups in total. The van der Waals surface area contributed by atoms with E-state index in [-0.39, 0.29) is 24.7 Å². The molecule has 0 radical (unpaired) electrons. The Labute approximate surface area is 220 Å². The largest absolute Gasteiger partial charge is 0.497 e. The summed E-state index contributed by atoms with van der Waals surface area (Å²) in [6.45, 7) is 1.72. The fourth-order valence-electron chi connectivity index (χ4n) is 4.53. The van der Waals surface area contributed by atoms with E-state index < -0.39 is 18.0 Å². The maximum atomic E-state index is 12.8. The second kappa shape index (κ2) is 10.8. The van der Waals surface area contributed by atoms with Gasteiger partial charge in [0.15, 0.2) is 6.10 Å². The molecule has 4 aromatic rings. The average molecular weight is 510 g/mol. The van der Waals surface area contributed by atoms with Crippen LogP contribution in [0.15, 0.2) is 91.0 Å². The monoisotopic (exact) mass is 509 g/mol. The van der Waals surface area contributed by atoms with Gasteiger partial charge in [-0.05, 0) is 66.9 Å². The molecule has 1 saturated heterocycles. The molecule has 2 atom stereocenters. The first-order chi connectivity index (χ1) is 18.4. The Kier molecular flexibility index (Phi) is 7.09. The van der Waals surface area contributed by atoms with Gasteiger partial charge >= 0.3 is 5.97 Å². The van der Waals surface area contributed by atoms with Crippen molar-refractivity contribution in [2.75, 3.05) is 18.6 Å². The molecule has 0 bridgehead atoms. The second-order valence-corrected chi connectivity index (χ2v) is 9.15. The Morgan fingerprint density at radius 3 is 2.29 bits per heavy atom. The highest BCUT2D eigenvalue weighted by atomic mass is 16.5. The van der Waals surface area contributed by atoms with Crippen LogP contribution in [0.3, 0.4) is 0 Å². The predicted molar refractivity (Wildman–Crippen MR) is 144 cm³/mol. The lowest BCUT2D eigenvalue weighted by Gasteiger charge is -2.18. The number of Topliss-reactive ketones (excluding diaryl/α,β-unsaturated/α-hetero) is 1. The van der Waals surface area contributed by atoms with Crippen LogP contribution in [-0.2, 0) is 14.3 Å².